The van der Waals surface area contributed by atoms with Crippen molar-refractivity contribution in [2.75, 3.05) is 11.9 Å². The average molecular weight is 285 g/mol. The summed E-state index contributed by atoms with van der Waals surface area (Å²) in [6, 6.07) is 2.63. The number of nitrogens with two attached hydrogens (primary N) is 1. The zero-order valence-electron chi connectivity index (χ0n) is 10.8. The van der Waals surface area contributed by atoms with Crippen molar-refractivity contribution in [2.45, 2.75) is 19.9 Å². The molecule has 1 aromatic rings. The van der Waals surface area contributed by atoms with E-state index in [1.54, 1.807) is 12.1 Å². The Morgan fingerprint density at radius 1 is 1.47 bits per heavy atom. The van der Waals surface area contributed by atoms with Crippen molar-refractivity contribution in [2.24, 2.45) is 11.7 Å². The zero-order chi connectivity index (χ0) is 14.4. The van der Waals surface area contributed by atoms with Gasteiger partial charge in [-0.25, -0.2) is 4.98 Å². The minimum absolute atomic E-state index is 0.00768. The van der Waals surface area contributed by atoms with Crippen molar-refractivity contribution in [1.29, 1.82) is 0 Å². The molecule has 6 nitrogen and oxygen atoms in total. The lowest BCUT2D eigenvalue weighted by Crippen LogP contribution is -2.46. The SMILES string of the molecule is CC(C)[C@H](N)C(=O)NCC(=O)Nc1ncccc1Cl. The topological polar surface area (TPSA) is 97.1 Å². The lowest BCUT2D eigenvalue weighted by molar-refractivity contribution is -0.125. The van der Waals surface area contributed by atoms with E-state index in [0.717, 1.165) is 0 Å². The molecule has 0 saturated heterocycles. The molecule has 0 saturated carbocycles. The van der Waals surface area contributed by atoms with E-state index in [1.165, 1.54) is 6.20 Å². The molecule has 0 aliphatic heterocycles. The third kappa shape index (κ3) is 4.84. The van der Waals surface area contributed by atoms with Crippen LogP contribution in [0.15, 0.2) is 18.3 Å². The Morgan fingerprint density at radius 3 is 2.74 bits per heavy atom. The van der Waals surface area contributed by atoms with E-state index in [4.69, 9.17) is 17.3 Å². The standard InChI is InChI=1S/C12H17ClN4O2/c1-7(2)10(14)12(19)16-6-9(18)17-11-8(13)4-3-5-15-11/h3-5,7,10H,6,14H2,1-2H3,(H,16,19)(H,15,17,18)/t10-/m0/s1. The fraction of sp³-hybridized carbons (Fsp3) is 0.417. The Labute approximate surface area is 116 Å². The first-order valence-electron chi connectivity index (χ1n) is 5.85. The van der Waals surface area contributed by atoms with Crippen LogP contribution < -0.4 is 16.4 Å². The minimum Gasteiger partial charge on any atom is -0.346 e. The number of carbonyl (C=O) groups is 2. The molecule has 1 rings (SSSR count). The molecule has 1 atom stereocenters. The highest BCUT2D eigenvalue weighted by atomic mass is 35.5. The summed E-state index contributed by atoms with van der Waals surface area (Å²) in [5.74, 6) is -0.507. The van der Waals surface area contributed by atoms with Gasteiger partial charge in [0.05, 0.1) is 17.6 Å². The van der Waals surface area contributed by atoms with Crippen LogP contribution in [0.25, 0.3) is 0 Å². The van der Waals surface area contributed by atoms with Gasteiger partial charge in [-0.15, -0.1) is 0 Å². The van der Waals surface area contributed by atoms with Crippen LogP contribution in [0, 0.1) is 5.92 Å². The second kappa shape index (κ2) is 7.06. The summed E-state index contributed by atoms with van der Waals surface area (Å²) in [6.45, 7) is 3.49. The molecule has 0 bridgehead atoms. The maximum absolute atomic E-state index is 11.6. The van der Waals surface area contributed by atoms with Crippen LogP contribution in [0.3, 0.4) is 0 Å². The van der Waals surface area contributed by atoms with Crippen molar-refractivity contribution in [3.05, 3.63) is 23.4 Å². The fourth-order valence-electron chi connectivity index (χ4n) is 1.24. The number of rotatable bonds is 5. The monoisotopic (exact) mass is 284 g/mol. The Hall–Kier alpha value is -1.66. The van der Waals surface area contributed by atoms with E-state index in [1.807, 2.05) is 13.8 Å². The number of anilines is 1. The summed E-state index contributed by atoms with van der Waals surface area (Å²) in [5, 5.41) is 5.29. The van der Waals surface area contributed by atoms with Crippen molar-refractivity contribution >= 4 is 29.2 Å². The normalized spacial score (nSPS) is 12.1. The second-order valence-corrected chi connectivity index (χ2v) is 4.78. The molecule has 19 heavy (non-hydrogen) atoms. The Kier molecular flexibility index (Phi) is 5.72. The Bertz CT molecular complexity index is 465. The van der Waals surface area contributed by atoms with Crippen molar-refractivity contribution in [1.82, 2.24) is 10.3 Å². The van der Waals surface area contributed by atoms with E-state index in [-0.39, 0.29) is 24.2 Å². The molecule has 7 heteroatoms. The summed E-state index contributed by atoms with van der Waals surface area (Å²) < 4.78 is 0. The molecule has 0 unspecified atom stereocenters. The third-order valence-electron chi connectivity index (χ3n) is 2.46. The largest absolute Gasteiger partial charge is 0.346 e. The van der Waals surface area contributed by atoms with Gasteiger partial charge >= 0.3 is 0 Å². The number of amides is 2. The van der Waals surface area contributed by atoms with Gasteiger partial charge in [0, 0.05) is 6.20 Å². The van der Waals surface area contributed by atoms with Crippen LogP contribution in [-0.4, -0.2) is 29.4 Å². The van der Waals surface area contributed by atoms with Gasteiger partial charge in [0.25, 0.3) is 0 Å². The molecular formula is C12H17ClN4O2. The first kappa shape index (κ1) is 15.4. The molecule has 104 valence electrons. The number of hydrogen-bond acceptors (Lipinski definition) is 4. The van der Waals surface area contributed by atoms with Crippen LogP contribution in [0.2, 0.25) is 5.02 Å². The van der Waals surface area contributed by atoms with Crippen LogP contribution in [0.5, 0.6) is 0 Å². The van der Waals surface area contributed by atoms with Gasteiger partial charge in [-0.2, -0.15) is 0 Å². The van der Waals surface area contributed by atoms with Gasteiger partial charge in [0.1, 0.15) is 0 Å². The van der Waals surface area contributed by atoms with Crippen molar-refractivity contribution in [3.8, 4) is 0 Å². The molecule has 2 amide bonds. The molecule has 0 aliphatic rings. The number of aromatic nitrogens is 1. The van der Waals surface area contributed by atoms with Crippen molar-refractivity contribution in [3.63, 3.8) is 0 Å². The number of nitrogens with one attached hydrogen (secondary N) is 2. The first-order chi connectivity index (χ1) is 8.91. The number of halogens is 1. The summed E-state index contributed by atoms with van der Waals surface area (Å²) in [6.07, 6.45) is 1.51. The van der Waals surface area contributed by atoms with E-state index in [2.05, 4.69) is 15.6 Å². The van der Waals surface area contributed by atoms with Gasteiger partial charge in [-0.1, -0.05) is 25.4 Å². The lowest BCUT2D eigenvalue weighted by Gasteiger charge is -2.15. The summed E-state index contributed by atoms with van der Waals surface area (Å²) in [7, 11) is 0. The molecule has 0 aromatic carbocycles. The van der Waals surface area contributed by atoms with Crippen molar-refractivity contribution < 1.29 is 9.59 Å². The van der Waals surface area contributed by atoms with Gasteiger partial charge < -0.3 is 16.4 Å². The van der Waals surface area contributed by atoms with Crippen LogP contribution in [0.4, 0.5) is 5.82 Å². The highest BCUT2D eigenvalue weighted by molar-refractivity contribution is 6.33. The van der Waals surface area contributed by atoms with Crippen LogP contribution in [-0.2, 0) is 9.59 Å². The highest BCUT2D eigenvalue weighted by Gasteiger charge is 2.17. The Morgan fingerprint density at radius 2 is 2.16 bits per heavy atom. The molecule has 0 spiro atoms. The third-order valence-corrected chi connectivity index (χ3v) is 2.77. The number of pyridine rings is 1. The molecule has 1 aromatic heterocycles. The number of carbonyl (C=O) groups excluding carboxylic acids is 2. The Balaban J connectivity index is 2.45. The molecule has 0 fully saturated rings. The van der Waals surface area contributed by atoms with E-state index in [9.17, 15) is 9.59 Å². The summed E-state index contributed by atoms with van der Waals surface area (Å²) in [5.41, 5.74) is 5.65. The molecule has 0 aliphatic carbocycles. The fourth-order valence-corrected chi connectivity index (χ4v) is 1.41. The van der Waals surface area contributed by atoms with E-state index < -0.39 is 11.9 Å². The smallest absolute Gasteiger partial charge is 0.244 e. The number of nitrogens with zero attached hydrogens (tertiary/aromatic N) is 1. The van der Waals surface area contributed by atoms with E-state index >= 15 is 0 Å². The second-order valence-electron chi connectivity index (χ2n) is 4.37. The minimum atomic E-state index is -0.633. The molecule has 4 N–H and O–H groups in total. The van der Waals surface area contributed by atoms with Gasteiger partial charge in [0.15, 0.2) is 5.82 Å². The predicted octanol–water partition coefficient (Wildman–Crippen LogP) is 0.773. The molecule has 0 radical (unpaired) electrons. The average Bonchev–Trinajstić information content (AvgIpc) is 2.37. The van der Waals surface area contributed by atoms with E-state index in [0.29, 0.717) is 5.02 Å². The number of hydrogen-bond donors (Lipinski definition) is 3. The maximum atomic E-state index is 11.6. The van der Waals surface area contributed by atoms with Gasteiger partial charge in [-0.3, -0.25) is 9.59 Å². The van der Waals surface area contributed by atoms with Gasteiger partial charge in [0.2, 0.25) is 11.8 Å². The molecular weight excluding hydrogens is 268 g/mol. The van der Waals surface area contributed by atoms with Gasteiger partial charge in [-0.05, 0) is 18.1 Å². The maximum Gasteiger partial charge on any atom is 0.244 e. The van der Waals surface area contributed by atoms with Crippen LogP contribution >= 0.6 is 11.6 Å². The summed E-state index contributed by atoms with van der Waals surface area (Å²) in [4.78, 5) is 27.1. The molecule has 1 heterocycles. The quantitative estimate of drug-likeness (QED) is 0.744. The predicted molar refractivity (Wildman–Crippen MR) is 73.7 cm³/mol. The van der Waals surface area contributed by atoms with Crippen LogP contribution in [0.1, 0.15) is 13.8 Å². The zero-order valence-corrected chi connectivity index (χ0v) is 11.6. The summed E-state index contributed by atoms with van der Waals surface area (Å²) >= 11 is 5.84. The first-order valence-corrected chi connectivity index (χ1v) is 6.23. The lowest BCUT2D eigenvalue weighted by atomic mass is 10.1. The highest BCUT2D eigenvalue weighted by Crippen LogP contribution is 2.16.